The van der Waals surface area contributed by atoms with Gasteiger partial charge in [-0.25, -0.2) is 0 Å². The molecule has 184 valence electrons. The van der Waals surface area contributed by atoms with Crippen LogP contribution in [0, 0.1) is 17.3 Å². The maximum atomic E-state index is 13.3. The number of carbonyl (C=O) groups is 3. The molecule has 2 aromatic carbocycles. The van der Waals surface area contributed by atoms with Crippen LogP contribution in [0.25, 0.3) is 0 Å². The molecule has 35 heavy (non-hydrogen) atoms. The van der Waals surface area contributed by atoms with E-state index < -0.39 is 11.3 Å². The minimum Gasteiger partial charge on any atom is -0.483 e. The molecule has 0 aliphatic heterocycles. The van der Waals surface area contributed by atoms with Gasteiger partial charge in [0.05, 0.1) is 5.41 Å². The Morgan fingerprint density at radius 3 is 2.31 bits per heavy atom. The lowest BCUT2D eigenvalue weighted by molar-refractivity contribution is -0.155. The van der Waals surface area contributed by atoms with E-state index in [-0.39, 0.29) is 24.0 Å². The molecule has 4 bridgehead atoms. The third-order valence-corrected chi connectivity index (χ3v) is 7.87. The van der Waals surface area contributed by atoms with E-state index in [0.717, 1.165) is 43.2 Å². The van der Waals surface area contributed by atoms with Gasteiger partial charge in [0.25, 0.3) is 5.91 Å². The third kappa shape index (κ3) is 5.04. The largest absolute Gasteiger partial charge is 0.483 e. The Labute approximate surface area is 206 Å². The number of hydrazine groups is 1. The average molecular weight is 476 g/mol. The van der Waals surface area contributed by atoms with Crippen molar-refractivity contribution < 1.29 is 19.1 Å². The molecule has 4 aliphatic rings. The van der Waals surface area contributed by atoms with Crippen LogP contribution in [0.3, 0.4) is 0 Å². The van der Waals surface area contributed by atoms with Crippen molar-refractivity contribution in [3.8, 4) is 5.75 Å². The van der Waals surface area contributed by atoms with Crippen LogP contribution in [0.4, 0.5) is 0 Å². The topological polar surface area (TPSA) is 96.5 Å². The van der Waals surface area contributed by atoms with Crippen LogP contribution >= 0.6 is 0 Å². The van der Waals surface area contributed by atoms with Gasteiger partial charge in [0.1, 0.15) is 5.75 Å². The summed E-state index contributed by atoms with van der Waals surface area (Å²) in [6.07, 6.45) is 5.99. The second kappa shape index (κ2) is 9.36. The van der Waals surface area contributed by atoms with Crippen molar-refractivity contribution in [2.24, 2.45) is 17.3 Å². The highest BCUT2D eigenvalue weighted by molar-refractivity contribution is 5.87. The third-order valence-electron chi connectivity index (χ3n) is 7.87. The van der Waals surface area contributed by atoms with Crippen molar-refractivity contribution >= 4 is 17.7 Å². The predicted molar refractivity (Wildman–Crippen MR) is 131 cm³/mol. The van der Waals surface area contributed by atoms with Gasteiger partial charge in [-0.2, -0.15) is 0 Å². The molecule has 4 fully saturated rings. The molecule has 0 spiro atoms. The van der Waals surface area contributed by atoms with E-state index in [0.29, 0.717) is 30.4 Å². The number of amides is 3. The molecule has 4 atom stereocenters. The fourth-order valence-corrected chi connectivity index (χ4v) is 7.09. The number of carbonyl (C=O) groups excluding carboxylic acids is 3. The number of nitrogens with one attached hydrogen (secondary N) is 3. The van der Waals surface area contributed by atoms with E-state index in [2.05, 4.69) is 28.3 Å². The van der Waals surface area contributed by atoms with Gasteiger partial charge in [0, 0.05) is 18.9 Å². The number of hydrogen-bond acceptors (Lipinski definition) is 4. The van der Waals surface area contributed by atoms with Gasteiger partial charge < -0.3 is 10.1 Å². The molecule has 7 heteroatoms. The molecule has 0 radical (unpaired) electrons. The lowest BCUT2D eigenvalue weighted by Crippen LogP contribution is -2.66. The van der Waals surface area contributed by atoms with Crippen molar-refractivity contribution in [2.75, 3.05) is 6.61 Å². The molecule has 3 amide bonds. The summed E-state index contributed by atoms with van der Waals surface area (Å²) in [7, 11) is 0. The van der Waals surface area contributed by atoms with Crippen molar-refractivity contribution in [1.82, 2.24) is 16.2 Å². The number of para-hydroxylation sites is 1. The highest BCUT2D eigenvalue weighted by Gasteiger charge is 2.61. The zero-order valence-electron chi connectivity index (χ0n) is 20.1. The van der Waals surface area contributed by atoms with E-state index in [1.807, 2.05) is 42.5 Å². The van der Waals surface area contributed by atoms with Crippen molar-refractivity contribution in [2.45, 2.75) is 57.4 Å². The zero-order chi connectivity index (χ0) is 24.5. The van der Waals surface area contributed by atoms with Crippen LogP contribution in [0.2, 0.25) is 0 Å². The maximum Gasteiger partial charge on any atom is 0.276 e. The molecule has 0 aromatic heterocycles. The first-order chi connectivity index (χ1) is 16.8. The zero-order valence-corrected chi connectivity index (χ0v) is 20.1. The van der Waals surface area contributed by atoms with Crippen LogP contribution in [0.15, 0.2) is 54.6 Å². The lowest BCUT2D eigenvalue weighted by atomic mass is 9.46. The van der Waals surface area contributed by atoms with E-state index >= 15 is 0 Å². The van der Waals surface area contributed by atoms with Gasteiger partial charge in [0.2, 0.25) is 11.8 Å². The molecule has 4 saturated carbocycles. The molecule has 7 nitrogen and oxygen atoms in total. The van der Waals surface area contributed by atoms with Gasteiger partial charge in [-0.1, -0.05) is 48.5 Å². The summed E-state index contributed by atoms with van der Waals surface area (Å²) >= 11 is 0. The Morgan fingerprint density at radius 1 is 0.914 bits per heavy atom. The number of benzene rings is 2. The first-order valence-electron chi connectivity index (χ1n) is 12.5. The fourth-order valence-electron chi connectivity index (χ4n) is 7.09. The molecule has 4 aliphatic carbocycles. The van der Waals surface area contributed by atoms with Gasteiger partial charge >= 0.3 is 0 Å². The Kier molecular flexibility index (Phi) is 6.26. The maximum absolute atomic E-state index is 13.3. The summed E-state index contributed by atoms with van der Waals surface area (Å²) in [6.45, 7) is 1.35. The Hall–Kier alpha value is -3.35. The van der Waals surface area contributed by atoms with Gasteiger partial charge in [-0.15, -0.1) is 0 Å². The van der Waals surface area contributed by atoms with Gasteiger partial charge in [-0.3, -0.25) is 25.2 Å². The van der Waals surface area contributed by atoms with Gasteiger partial charge in [-0.05, 0) is 67.6 Å². The van der Waals surface area contributed by atoms with E-state index in [9.17, 15) is 14.4 Å². The van der Waals surface area contributed by atoms with Crippen LogP contribution in [0.1, 0.15) is 56.6 Å². The quantitative estimate of drug-likeness (QED) is 0.536. The number of ether oxygens (including phenoxy) is 1. The van der Waals surface area contributed by atoms with E-state index in [4.69, 9.17) is 4.74 Å². The number of hydrogen-bond donors (Lipinski definition) is 3. The summed E-state index contributed by atoms with van der Waals surface area (Å²) in [5.41, 5.74) is 6.54. The van der Waals surface area contributed by atoms with Crippen LogP contribution in [-0.4, -0.2) is 29.9 Å². The second-order valence-electron chi connectivity index (χ2n) is 10.8. The average Bonchev–Trinajstić information content (AvgIpc) is 2.81. The smallest absolute Gasteiger partial charge is 0.276 e. The van der Waals surface area contributed by atoms with E-state index in [1.54, 1.807) is 6.92 Å². The molecule has 0 saturated heterocycles. The second-order valence-corrected chi connectivity index (χ2v) is 10.8. The lowest BCUT2D eigenvalue weighted by Gasteiger charge is -2.61. The summed E-state index contributed by atoms with van der Waals surface area (Å²) in [6, 6.07) is 17.7. The SMILES string of the molecule is CC(=O)NC12C[C@H]3C[C@@H](C1)CC(C(=O)NNC(=O)COc1ccccc1Cc1ccccc1)(C3)C2. The van der Waals surface area contributed by atoms with Crippen molar-refractivity contribution in [3.63, 3.8) is 0 Å². The minimum atomic E-state index is -0.539. The van der Waals surface area contributed by atoms with Crippen molar-refractivity contribution in [3.05, 3.63) is 65.7 Å². The first-order valence-corrected chi connectivity index (χ1v) is 12.5. The summed E-state index contributed by atoms with van der Waals surface area (Å²) in [4.78, 5) is 37.6. The first kappa shape index (κ1) is 23.4. The summed E-state index contributed by atoms with van der Waals surface area (Å²) in [5, 5.41) is 3.17. The standard InChI is InChI=1S/C28H33N3O4/c1-19(32)29-28-15-21-11-22(16-28)14-27(13-21,18-28)26(34)31-30-25(33)17-35-24-10-6-5-9-23(24)12-20-7-3-2-4-8-20/h2-10,21-22H,11-18H2,1H3,(H,29,32)(H,30,33)(H,31,34)/t21-,22+,27?,28?. The Morgan fingerprint density at radius 2 is 1.60 bits per heavy atom. The normalized spacial score (nSPS) is 28.3. The molecule has 0 heterocycles. The predicted octanol–water partition coefficient (Wildman–Crippen LogP) is 3.28. The van der Waals surface area contributed by atoms with Crippen LogP contribution < -0.4 is 20.9 Å². The molecular weight excluding hydrogens is 442 g/mol. The fraction of sp³-hybridized carbons (Fsp3) is 0.464. The molecule has 3 N–H and O–H groups in total. The summed E-state index contributed by atoms with van der Waals surface area (Å²) in [5.74, 6) is 0.924. The van der Waals surface area contributed by atoms with E-state index in [1.165, 1.54) is 0 Å². The monoisotopic (exact) mass is 475 g/mol. The Balaban J connectivity index is 1.17. The number of rotatable bonds is 7. The Bertz CT molecular complexity index is 1100. The highest BCUT2D eigenvalue weighted by Crippen LogP contribution is 2.61. The van der Waals surface area contributed by atoms with Crippen molar-refractivity contribution in [1.29, 1.82) is 0 Å². The molecule has 2 unspecified atom stereocenters. The molecular formula is C28H33N3O4. The van der Waals surface area contributed by atoms with Crippen LogP contribution in [-0.2, 0) is 20.8 Å². The van der Waals surface area contributed by atoms with Crippen LogP contribution in [0.5, 0.6) is 5.75 Å². The van der Waals surface area contributed by atoms with Gasteiger partial charge in [0.15, 0.2) is 6.61 Å². The summed E-state index contributed by atoms with van der Waals surface area (Å²) < 4.78 is 5.80. The minimum absolute atomic E-state index is 0.0412. The molecule has 6 rings (SSSR count). The highest BCUT2D eigenvalue weighted by atomic mass is 16.5. The molecule has 2 aromatic rings.